The van der Waals surface area contributed by atoms with Gasteiger partial charge in [-0.05, 0) is 5.53 Å². The number of alkyl halides is 1. The Morgan fingerprint density at radius 3 is 3.04 bits per heavy atom. The molecule has 0 unspecified atom stereocenters. The van der Waals surface area contributed by atoms with E-state index < -0.39 is 42.8 Å². The summed E-state index contributed by atoms with van der Waals surface area (Å²) in [7, 11) is 0. The molecule has 3 rings (SSSR count). The number of nitrogens with zero attached hydrogens (tertiary/aromatic N) is 6. The van der Waals surface area contributed by atoms with Gasteiger partial charge >= 0.3 is 0 Å². The minimum absolute atomic E-state index is 0.00785. The van der Waals surface area contributed by atoms with Crippen LogP contribution in [-0.4, -0.2) is 54.8 Å². The summed E-state index contributed by atoms with van der Waals surface area (Å²) in [6.07, 6.45) is -0.396. The van der Waals surface area contributed by atoms with E-state index in [1.807, 2.05) is 0 Å². The molecular formula is C11H12FN7O4. The molecule has 3 N–H and O–H groups in total. The molecular weight excluding hydrogens is 313 g/mol. The van der Waals surface area contributed by atoms with E-state index in [0.29, 0.717) is 0 Å². The van der Waals surface area contributed by atoms with Crippen molar-refractivity contribution in [2.24, 2.45) is 11.0 Å². The Morgan fingerprint density at radius 2 is 2.39 bits per heavy atom. The summed E-state index contributed by atoms with van der Waals surface area (Å²) in [6, 6.07) is 0. The van der Waals surface area contributed by atoms with Crippen LogP contribution in [0.4, 0.5) is 4.39 Å². The lowest BCUT2D eigenvalue weighted by atomic mass is 9.97. The van der Waals surface area contributed by atoms with Gasteiger partial charge in [-0.25, -0.2) is 9.97 Å². The first-order chi connectivity index (χ1) is 11.1. The maximum Gasteiger partial charge on any atom is 0.278 e. The van der Waals surface area contributed by atoms with Crippen LogP contribution < -0.4 is 5.56 Å². The molecule has 3 heterocycles. The zero-order valence-corrected chi connectivity index (χ0v) is 11.6. The third-order valence-corrected chi connectivity index (χ3v) is 3.82. The molecule has 2 aromatic rings. The van der Waals surface area contributed by atoms with Crippen molar-refractivity contribution >= 4 is 11.2 Å². The van der Waals surface area contributed by atoms with Crippen molar-refractivity contribution in [2.75, 3.05) is 13.3 Å². The Labute approximate surface area is 127 Å². The van der Waals surface area contributed by atoms with Crippen LogP contribution in [0.5, 0.6) is 0 Å². The molecule has 12 heteroatoms. The molecule has 1 aliphatic heterocycles. The Kier molecular flexibility index (Phi) is 3.74. The fourth-order valence-electron chi connectivity index (χ4n) is 2.65. The number of nitrogens with one attached hydrogen (secondary N) is 1. The van der Waals surface area contributed by atoms with Crippen LogP contribution in [0.15, 0.2) is 22.6 Å². The minimum atomic E-state index is -2.02. The summed E-state index contributed by atoms with van der Waals surface area (Å²) >= 11 is 0. The van der Waals surface area contributed by atoms with E-state index in [1.165, 1.54) is 10.9 Å². The Bertz CT molecular complexity index is 831. The lowest BCUT2D eigenvalue weighted by Gasteiger charge is -2.24. The molecule has 122 valence electrons. The van der Waals surface area contributed by atoms with E-state index in [0.717, 1.165) is 6.33 Å². The number of azide groups is 1. The Morgan fingerprint density at radius 1 is 1.61 bits per heavy atom. The highest BCUT2D eigenvalue weighted by atomic mass is 19.1. The van der Waals surface area contributed by atoms with Gasteiger partial charge in [-0.15, -0.1) is 0 Å². The van der Waals surface area contributed by atoms with Crippen LogP contribution in [0, 0.1) is 5.92 Å². The molecule has 4 atom stereocenters. The maximum atomic E-state index is 13.4. The molecule has 1 fully saturated rings. The number of halogens is 1. The van der Waals surface area contributed by atoms with Crippen molar-refractivity contribution in [2.45, 2.75) is 18.1 Å². The van der Waals surface area contributed by atoms with Crippen LogP contribution >= 0.6 is 0 Å². The normalized spacial score (nSPS) is 30.5. The molecule has 2 aromatic heterocycles. The Balaban J connectivity index is 2.12. The number of rotatable bonds is 4. The summed E-state index contributed by atoms with van der Waals surface area (Å²) in [5, 5.41) is 22.9. The van der Waals surface area contributed by atoms with Crippen molar-refractivity contribution < 1.29 is 19.3 Å². The van der Waals surface area contributed by atoms with Crippen LogP contribution in [0.25, 0.3) is 21.6 Å². The number of hydrogen-bond acceptors (Lipinski definition) is 7. The van der Waals surface area contributed by atoms with Crippen LogP contribution in [0.2, 0.25) is 0 Å². The molecule has 0 aliphatic carbocycles. The lowest BCUT2D eigenvalue weighted by molar-refractivity contribution is -0.122. The van der Waals surface area contributed by atoms with Gasteiger partial charge < -0.3 is 19.9 Å². The fourth-order valence-corrected chi connectivity index (χ4v) is 2.65. The summed E-state index contributed by atoms with van der Waals surface area (Å²) < 4.78 is 20.1. The van der Waals surface area contributed by atoms with Crippen molar-refractivity contribution in [1.29, 1.82) is 0 Å². The standard InChI is InChI=1S/C11H12FN7O4/c12-1-5-7(21)11(2-20,17-18-13)23-10(5)19-4-16-6-8(19)14-3-15-9(6)22/h3-5,7,10,20-21H,1-2H2,(H,14,15,22)/t5-,7-,10+,11+/m0/s1. The number of aliphatic hydroxyl groups is 2. The lowest BCUT2D eigenvalue weighted by Crippen LogP contribution is -2.43. The third-order valence-electron chi connectivity index (χ3n) is 3.82. The van der Waals surface area contributed by atoms with Crippen molar-refractivity contribution in [3.05, 3.63) is 33.5 Å². The predicted molar refractivity (Wildman–Crippen MR) is 72.7 cm³/mol. The number of ether oxygens (including phenoxy) is 1. The zero-order valence-electron chi connectivity index (χ0n) is 11.6. The topological polar surface area (TPSA) is 162 Å². The highest BCUT2D eigenvalue weighted by Crippen LogP contribution is 2.43. The van der Waals surface area contributed by atoms with Gasteiger partial charge in [0.05, 0.1) is 31.9 Å². The molecule has 23 heavy (non-hydrogen) atoms. The second kappa shape index (κ2) is 5.59. The summed E-state index contributed by atoms with van der Waals surface area (Å²) in [6.45, 7) is -1.86. The highest BCUT2D eigenvalue weighted by molar-refractivity contribution is 5.68. The van der Waals surface area contributed by atoms with Crippen molar-refractivity contribution in [3.63, 3.8) is 0 Å². The predicted octanol–water partition coefficient (Wildman–Crippen LogP) is -0.406. The molecule has 11 nitrogen and oxygen atoms in total. The average molecular weight is 325 g/mol. The second-order valence-corrected chi connectivity index (χ2v) is 5.02. The molecule has 0 saturated carbocycles. The molecule has 0 aromatic carbocycles. The largest absolute Gasteiger partial charge is 0.393 e. The fraction of sp³-hybridized carbons (Fsp3) is 0.545. The number of aliphatic hydroxyl groups excluding tert-OH is 2. The Hall–Kier alpha value is -2.53. The number of hydrogen-bond donors (Lipinski definition) is 3. The van der Waals surface area contributed by atoms with E-state index in [-0.39, 0.29) is 11.2 Å². The van der Waals surface area contributed by atoms with Gasteiger partial charge in [0.15, 0.2) is 16.9 Å². The first-order valence-corrected chi connectivity index (χ1v) is 6.57. The second-order valence-electron chi connectivity index (χ2n) is 5.02. The van der Waals surface area contributed by atoms with E-state index in [1.54, 1.807) is 0 Å². The first-order valence-electron chi connectivity index (χ1n) is 6.57. The number of aromatic amines is 1. The quantitative estimate of drug-likeness (QED) is 0.393. The maximum absolute atomic E-state index is 13.4. The van der Waals surface area contributed by atoms with E-state index in [9.17, 15) is 19.4 Å². The monoisotopic (exact) mass is 325 g/mol. The SMILES string of the molecule is [N-]=[N+]=N[C@]1(CO)O[C@@H](n2cnc3c(=O)[nH]cnc32)[C@@H](CF)[C@@H]1O. The average Bonchev–Trinajstić information content (AvgIpc) is 3.09. The molecule has 1 saturated heterocycles. The number of fused-ring (bicyclic) bond motifs is 1. The zero-order chi connectivity index (χ0) is 16.6. The van der Waals surface area contributed by atoms with Gasteiger partial charge in [-0.2, -0.15) is 0 Å². The van der Waals surface area contributed by atoms with Crippen molar-refractivity contribution in [3.8, 4) is 0 Å². The molecule has 0 bridgehead atoms. The first kappa shape index (κ1) is 15.4. The highest BCUT2D eigenvalue weighted by Gasteiger charge is 2.55. The third kappa shape index (κ3) is 2.16. The summed E-state index contributed by atoms with van der Waals surface area (Å²) in [5.74, 6) is -1.15. The van der Waals surface area contributed by atoms with Gasteiger partial charge in [0, 0.05) is 4.91 Å². The number of H-pyrrole nitrogens is 1. The summed E-state index contributed by atoms with van der Waals surface area (Å²) in [5.41, 5.74) is 6.22. The molecule has 1 aliphatic rings. The minimum Gasteiger partial charge on any atom is -0.393 e. The summed E-state index contributed by atoms with van der Waals surface area (Å²) in [4.78, 5) is 24.4. The van der Waals surface area contributed by atoms with E-state index in [2.05, 4.69) is 25.0 Å². The van der Waals surface area contributed by atoms with E-state index in [4.69, 9.17) is 10.3 Å². The van der Waals surface area contributed by atoms with Gasteiger partial charge in [-0.1, -0.05) is 5.11 Å². The van der Waals surface area contributed by atoms with Gasteiger partial charge in [0.25, 0.3) is 5.56 Å². The number of imidazole rings is 1. The number of aromatic nitrogens is 4. The molecule has 0 radical (unpaired) electrons. The van der Waals surface area contributed by atoms with Crippen LogP contribution in [0.1, 0.15) is 6.23 Å². The molecule has 0 spiro atoms. The van der Waals surface area contributed by atoms with Crippen molar-refractivity contribution in [1.82, 2.24) is 19.5 Å². The molecule has 0 amide bonds. The van der Waals surface area contributed by atoms with E-state index >= 15 is 0 Å². The van der Waals surface area contributed by atoms with Crippen LogP contribution in [-0.2, 0) is 4.74 Å². The van der Waals surface area contributed by atoms with Gasteiger partial charge in [0.1, 0.15) is 12.3 Å². The van der Waals surface area contributed by atoms with Crippen LogP contribution in [0.3, 0.4) is 0 Å². The van der Waals surface area contributed by atoms with Gasteiger partial charge in [0.2, 0.25) is 0 Å². The van der Waals surface area contributed by atoms with Gasteiger partial charge in [-0.3, -0.25) is 13.8 Å². The smallest absolute Gasteiger partial charge is 0.278 e.